The van der Waals surface area contributed by atoms with Crippen molar-refractivity contribution < 1.29 is 13.1 Å². The molecule has 2 aliphatic carbocycles. The minimum atomic E-state index is -1.34. The summed E-state index contributed by atoms with van der Waals surface area (Å²) in [6.07, 6.45) is 12.7. The summed E-state index contributed by atoms with van der Waals surface area (Å²) in [5.74, 6) is 0. The number of rotatable bonds is 5. The minimum Gasteiger partial charge on any atom is -0.308 e. The SMILES string of the molecule is ClOP(OC1CCCCC1)OC1CCCCC1. The van der Waals surface area contributed by atoms with E-state index in [1.807, 2.05) is 0 Å². The lowest BCUT2D eigenvalue weighted by atomic mass is 9.98. The van der Waals surface area contributed by atoms with Gasteiger partial charge in [-0.3, -0.25) is 0 Å². The molecule has 3 nitrogen and oxygen atoms in total. The highest BCUT2D eigenvalue weighted by atomic mass is 35.5. The van der Waals surface area contributed by atoms with E-state index in [2.05, 4.69) is 0 Å². The Hall–Kier alpha value is 0.600. The zero-order valence-corrected chi connectivity index (χ0v) is 11.9. The molecule has 0 amide bonds. The second-order valence-corrected chi connectivity index (χ2v) is 6.44. The average Bonchev–Trinajstić information content (AvgIpc) is 2.40. The van der Waals surface area contributed by atoms with E-state index in [4.69, 9.17) is 25.0 Å². The lowest BCUT2D eigenvalue weighted by Crippen LogP contribution is -2.18. The summed E-state index contributed by atoms with van der Waals surface area (Å²) in [6, 6.07) is 0. The van der Waals surface area contributed by atoms with Crippen molar-refractivity contribution in [2.24, 2.45) is 0 Å². The fourth-order valence-electron chi connectivity index (χ4n) is 2.64. The van der Waals surface area contributed by atoms with Gasteiger partial charge in [-0.25, -0.2) is 0 Å². The smallest absolute Gasteiger partial charge is 0.308 e. The van der Waals surface area contributed by atoms with Crippen LogP contribution in [0.4, 0.5) is 0 Å². The lowest BCUT2D eigenvalue weighted by Gasteiger charge is -2.28. The number of hydrogen-bond donors (Lipinski definition) is 0. The quantitative estimate of drug-likeness (QED) is 0.657. The number of hydrogen-bond acceptors (Lipinski definition) is 3. The number of halogens is 1. The van der Waals surface area contributed by atoms with Crippen molar-refractivity contribution in [1.82, 2.24) is 0 Å². The van der Waals surface area contributed by atoms with Gasteiger partial charge in [0.1, 0.15) is 0 Å². The third-order valence-electron chi connectivity index (χ3n) is 3.63. The van der Waals surface area contributed by atoms with Gasteiger partial charge in [-0.1, -0.05) is 38.5 Å². The molecule has 0 unspecified atom stereocenters. The van der Waals surface area contributed by atoms with E-state index in [9.17, 15) is 0 Å². The van der Waals surface area contributed by atoms with Gasteiger partial charge in [0.2, 0.25) is 0 Å². The Morgan fingerprint density at radius 2 is 1.12 bits per heavy atom. The summed E-state index contributed by atoms with van der Waals surface area (Å²) in [5, 5.41) is 0. The molecule has 2 fully saturated rings. The van der Waals surface area contributed by atoms with E-state index in [1.165, 1.54) is 38.5 Å². The first kappa shape index (κ1) is 14.0. The van der Waals surface area contributed by atoms with Crippen LogP contribution in [0.1, 0.15) is 64.2 Å². The van der Waals surface area contributed by atoms with Crippen LogP contribution in [0.25, 0.3) is 0 Å². The third kappa shape index (κ3) is 5.00. The minimum absolute atomic E-state index is 0.289. The summed E-state index contributed by atoms with van der Waals surface area (Å²) in [7, 11) is -1.34. The van der Waals surface area contributed by atoms with Crippen molar-refractivity contribution in [3.63, 3.8) is 0 Å². The van der Waals surface area contributed by atoms with E-state index in [1.54, 1.807) is 0 Å². The van der Waals surface area contributed by atoms with Gasteiger partial charge in [-0.05, 0) is 25.7 Å². The fourth-order valence-corrected chi connectivity index (χ4v) is 3.86. The average molecular weight is 281 g/mol. The summed E-state index contributed by atoms with van der Waals surface area (Å²) in [5.41, 5.74) is 0. The molecule has 0 aliphatic heterocycles. The second-order valence-electron chi connectivity index (χ2n) is 5.02. The van der Waals surface area contributed by atoms with Crippen LogP contribution in [0, 0.1) is 0 Å². The molecule has 17 heavy (non-hydrogen) atoms. The predicted molar refractivity (Wildman–Crippen MR) is 69.8 cm³/mol. The van der Waals surface area contributed by atoms with Gasteiger partial charge in [-0.2, -0.15) is 4.08 Å². The van der Waals surface area contributed by atoms with E-state index in [0.29, 0.717) is 0 Å². The molecule has 2 saturated carbocycles. The molecule has 0 aromatic heterocycles. The van der Waals surface area contributed by atoms with E-state index in [0.717, 1.165) is 25.7 Å². The van der Waals surface area contributed by atoms with Crippen molar-refractivity contribution in [3.05, 3.63) is 0 Å². The first-order valence-electron chi connectivity index (χ1n) is 6.81. The molecule has 5 heteroatoms. The maximum absolute atomic E-state index is 5.83. The highest BCUT2D eigenvalue weighted by Crippen LogP contribution is 2.47. The predicted octanol–water partition coefficient (Wildman–Crippen LogP) is 5.08. The zero-order chi connectivity index (χ0) is 11.9. The molecular formula is C12H22ClO3P. The molecule has 2 aliphatic rings. The Labute approximate surface area is 110 Å². The molecule has 0 aromatic carbocycles. The molecular weight excluding hydrogens is 259 g/mol. The van der Waals surface area contributed by atoms with Crippen molar-refractivity contribution in [1.29, 1.82) is 0 Å². The van der Waals surface area contributed by atoms with Crippen LogP contribution >= 0.6 is 20.5 Å². The van der Waals surface area contributed by atoms with Crippen LogP contribution < -0.4 is 0 Å². The summed E-state index contributed by atoms with van der Waals surface area (Å²) < 4.78 is 16.5. The van der Waals surface area contributed by atoms with Crippen LogP contribution in [-0.2, 0) is 13.1 Å². The Kier molecular flexibility index (Phi) is 6.52. The molecule has 2 rings (SSSR count). The fraction of sp³-hybridized carbons (Fsp3) is 1.00. The summed E-state index contributed by atoms with van der Waals surface area (Å²) >= 11 is 5.48. The van der Waals surface area contributed by atoms with Gasteiger partial charge in [0.05, 0.1) is 24.1 Å². The Morgan fingerprint density at radius 3 is 1.47 bits per heavy atom. The molecule has 0 heterocycles. The van der Waals surface area contributed by atoms with Gasteiger partial charge in [0, 0.05) is 0 Å². The topological polar surface area (TPSA) is 27.7 Å². The summed E-state index contributed by atoms with van der Waals surface area (Å²) in [4.78, 5) is 0. The molecule has 0 bridgehead atoms. The molecule has 0 saturated heterocycles. The Morgan fingerprint density at radius 1 is 0.706 bits per heavy atom. The molecule has 0 N–H and O–H groups in total. The lowest BCUT2D eigenvalue weighted by molar-refractivity contribution is 0.0815. The van der Waals surface area contributed by atoms with Crippen molar-refractivity contribution in [2.75, 3.05) is 0 Å². The second kappa shape index (κ2) is 7.91. The van der Waals surface area contributed by atoms with Gasteiger partial charge >= 0.3 is 8.60 Å². The van der Waals surface area contributed by atoms with E-state index in [-0.39, 0.29) is 12.2 Å². The molecule has 0 spiro atoms. The van der Waals surface area contributed by atoms with Crippen LogP contribution in [0.15, 0.2) is 0 Å². The maximum Gasteiger partial charge on any atom is 0.351 e. The van der Waals surface area contributed by atoms with E-state index < -0.39 is 8.60 Å². The summed E-state index contributed by atoms with van der Waals surface area (Å²) in [6.45, 7) is 0. The van der Waals surface area contributed by atoms with Crippen molar-refractivity contribution >= 4 is 20.5 Å². The third-order valence-corrected chi connectivity index (χ3v) is 5.02. The Balaban J connectivity index is 1.71. The molecule has 100 valence electrons. The van der Waals surface area contributed by atoms with Gasteiger partial charge in [0.15, 0.2) is 0 Å². The van der Waals surface area contributed by atoms with Crippen molar-refractivity contribution in [2.45, 2.75) is 76.4 Å². The van der Waals surface area contributed by atoms with Crippen LogP contribution in [0.3, 0.4) is 0 Å². The monoisotopic (exact) mass is 280 g/mol. The van der Waals surface area contributed by atoms with Crippen LogP contribution in [-0.4, -0.2) is 12.2 Å². The van der Waals surface area contributed by atoms with Crippen molar-refractivity contribution in [3.8, 4) is 0 Å². The molecule has 0 aromatic rings. The molecule has 0 atom stereocenters. The Bertz CT molecular complexity index is 186. The zero-order valence-electron chi connectivity index (χ0n) is 10.3. The highest BCUT2D eigenvalue weighted by Gasteiger charge is 2.25. The standard InChI is InChI=1S/C12H22ClO3P/c13-16-17(14-11-7-3-1-4-8-11)15-12-9-5-2-6-10-12/h11-12H,1-10H2. The first-order valence-corrected chi connectivity index (χ1v) is 8.21. The van der Waals surface area contributed by atoms with Gasteiger partial charge in [0.25, 0.3) is 0 Å². The van der Waals surface area contributed by atoms with Gasteiger partial charge < -0.3 is 9.05 Å². The van der Waals surface area contributed by atoms with E-state index >= 15 is 0 Å². The first-order chi connectivity index (χ1) is 8.38. The highest BCUT2D eigenvalue weighted by molar-refractivity contribution is 7.42. The maximum atomic E-state index is 5.83. The largest absolute Gasteiger partial charge is 0.351 e. The molecule has 0 radical (unpaired) electrons. The normalized spacial score (nSPS) is 24.4. The van der Waals surface area contributed by atoms with Crippen LogP contribution in [0.5, 0.6) is 0 Å². The van der Waals surface area contributed by atoms with Crippen LogP contribution in [0.2, 0.25) is 0 Å². The van der Waals surface area contributed by atoms with Gasteiger partial charge in [-0.15, -0.1) is 0 Å².